The number of anilines is 2. The molecule has 6 nitrogen and oxygen atoms in total. The van der Waals surface area contributed by atoms with Gasteiger partial charge >= 0.3 is 0 Å². The Morgan fingerprint density at radius 3 is 2.21 bits per heavy atom. The largest absolute Gasteiger partial charge is 0.369 e. The number of benzene rings is 3. The maximum atomic E-state index is 13.1. The van der Waals surface area contributed by atoms with Crippen LogP contribution in [0.25, 0.3) is 0 Å². The predicted molar refractivity (Wildman–Crippen MR) is 128 cm³/mol. The quantitative estimate of drug-likeness (QED) is 0.527. The van der Waals surface area contributed by atoms with Crippen molar-refractivity contribution < 1.29 is 14.4 Å². The van der Waals surface area contributed by atoms with E-state index in [0.29, 0.717) is 22.4 Å². The van der Waals surface area contributed by atoms with E-state index in [0.717, 1.165) is 26.2 Å². The molecule has 1 aliphatic heterocycles. The van der Waals surface area contributed by atoms with Gasteiger partial charge in [0.05, 0.1) is 17.8 Å². The molecule has 1 heterocycles. The molecule has 0 bridgehead atoms. The molecule has 1 aliphatic carbocycles. The third-order valence-corrected chi connectivity index (χ3v) is 6.33. The van der Waals surface area contributed by atoms with Crippen LogP contribution >= 0.6 is 0 Å². The summed E-state index contributed by atoms with van der Waals surface area (Å²) in [4.78, 5) is 43.3. The molecule has 6 heteroatoms. The highest BCUT2D eigenvalue weighted by atomic mass is 16.2. The van der Waals surface area contributed by atoms with E-state index in [2.05, 4.69) is 46.3 Å². The number of nitrogens with zero attached hydrogens (tertiary/aromatic N) is 2. The van der Waals surface area contributed by atoms with Gasteiger partial charge in [0.15, 0.2) is 11.6 Å². The van der Waals surface area contributed by atoms with Crippen molar-refractivity contribution in [3.8, 4) is 0 Å². The summed E-state index contributed by atoms with van der Waals surface area (Å²) >= 11 is 0. The second-order valence-electron chi connectivity index (χ2n) is 8.58. The van der Waals surface area contributed by atoms with Gasteiger partial charge in [-0.3, -0.25) is 19.3 Å². The van der Waals surface area contributed by atoms with Gasteiger partial charge < -0.3 is 10.2 Å². The van der Waals surface area contributed by atoms with Gasteiger partial charge in [0.2, 0.25) is 5.91 Å². The van der Waals surface area contributed by atoms with Crippen LogP contribution in [0.5, 0.6) is 0 Å². The van der Waals surface area contributed by atoms with E-state index in [4.69, 9.17) is 0 Å². The summed E-state index contributed by atoms with van der Waals surface area (Å²) in [7, 11) is 0. The second-order valence-corrected chi connectivity index (χ2v) is 8.58. The molecule has 5 rings (SSSR count). The number of aryl methyl sites for hydroxylation is 1. The topological polar surface area (TPSA) is 69.7 Å². The Morgan fingerprint density at radius 1 is 0.818 bits per heavy atom. The number of nitrogens with one attached hydrogen (secondary N) is 1. The van der Waals surface area contributed by atoms with Gasteiger partial charge in [0.1, 0.15) is 0 Å². The van der Waals surface area contributed by atoms with Crippen LogP contribution in [0.3, 0.4) is 0 Å². The van der Waals surface area contributed by atoms with Gasteiger partial charge in [-0.1, -0.05) is 48.5 Å². The fraction of sp³-hybridized carbons (Fsp3) is 0.222. The maximum Gasteiger partial charge on any atom is 0.238 e. The van der Waals surface area contributed by atoms with Crippen LogP contribution in [0.15, 0.2) is 66.7 Å². The molecule has 0 saturated carbocycles. The zero-order chi connectivity index (χ0) is 22.9. The molecule has 1 N–H and O–H groups in total. The Kier molecular flexibility index (Phi) is 5.52. The van der Waals surface area contributed by atoms with Crippen LogP contribution in [0.2, 0.25) is 0 Å². The van der Waals surface area contributed by atoms with Gasteiger partial charge in [-0.05, 0) is 30.7 Å². The van der Waals surface area contributed by atoms with Crippen molar-refractivity contribution in [2.24, 2.45) is 0 Å². The Morgan fingerprint density at radius 2 is 1.48 bits per heavy atom. The van der Waals surface area contributed by atoms with E-state index in [9.17, 15) is 14.4 Å². The Labute approximate surface area is 192 Å². The number of carbonyl (C=O) groups excluding carboxylic acids is 3. The number of piperazine rings is 1. The smallest absolute Gasteiger partial charge is 0.238 e. The number of hydrogen-bond acceptors (Lipinski definition) is 5. The molecule has 0 radical (unpaired) electrons. The van der Waals surface area contributed by atoms with Crippen molar-refractivity contribution in [1.29, 1.82) is 0 Å². The summed E-state index contributed by atoms with van der Waals surface area (Å²) in [6, 6.07) is 20.3. The number of ketones is 2. The first-order valence-electron chi connectivity index (χ1n) is 11.2. The fourth-order valence-corrected chi connectivity index (χ4v) is 4.63. The van der Waals surface area contributed by atoms with Crippen LogP contribution in [-0.4, -0.2) is 55.1 Å². The lowest BCUT2D eigenvalue weighted by molar-refractivity contribution is -0.117. The Balaban J connectivity index is 1.26. The summed E-state index contributed by atoms with van der Waals surface area (Å²) in [6.45, 7) is 5.58. The minimum Gasteiger partial charge on any atom is -0.369 e. The number of rotatable bonds is 4. The molecule has 1 saturated heterocycles. The van der Waals surface area contributed by atoms with Crippen LogP contribution in [-0.2, 0) is 4.79 Å². The third-order valence-electron chi connectivity index (χ3n) is 6.33. The molecule has 0 atom stereocenters. The third kappa shape index (κ3) is 4.05. The van der Waals surface area contributed by atoms with E-state index in [1.54, 1.807) is 42.5 Å². The van der Waals surface area contributed by atoms with Gasteiger partial charge in [-0.2, -0.15) is 0 Å². The normalized spacial score (nSPS) is 15.7. The molecule has 2 aliphatic rings. The van der Waals surface area contributed by atoms with E-state index < -0.39 is 0 Å². The molecule has 166 valence electrons. The molecule has 33 heavy (non-hydrogen) atoms. The molecule has 3 aromatic carbocycles. The highest BCUT2D eigenvalue weighted by Crippen LogP contribution is 2.32. The number of fused-ring (bicyclic) bond motifs is 2. The van der Waals surface area contributed by atoms with E-state index in [1.165, 1.54) is 11.3 Å². The summed E-state index contributed by atoms with van der Waals surface area (Å²) in [6.07, 6.45) is 0. The molecule has 3 aromatic rings. The minimum atomic E-state index is -0.233. The molecule has 1 fully saturated rings. The van der Waals surface area contributed by atoms with Gasteiger partial charge in [-0.15, -0.1) is 0 Å². The summed E-state index contributed by atoms with van der Waals surface area (Å²) in [5, 5.41) is 2.88. The van der Waals surface area contributed by atoms with Crippen LogP contribution in [0.1, 0.15) is 37.4 Å². The Bertz CT molecular complexity index is 1260. The standard InChI is InChI=1S/C27H25N3O3/c1-18-6-4-7-19(16-18)30-14-12-29(13-15-30)17-24(31)28-23-11-5-10-22-25(23)27(33)21-9-3-2-8-20(21)26(22)32/h2-11,16H,12-15,17H2,1H3,(H,28,31). The van der Waals surface area contributed by atoms with Crippen molar-refractivity contribution in [1.82, 2.24) is 4.90 Å². The molecular weight excluding hydrogens is 414 g/mol. The zero-order valence-corrected chi connectivity index (χ0v) is 18.5. The van der Waals surface area contributed by atoms with Crippen molar-refractivity contribution in [3.05, 3.63) is 94.5 Å². The Hall–Kier alpha value is -3.77. The van der Waals surface area contributed by atoms with Gasteiger partial charge in [0, 0.05) is 48.6 Å². The monoisotopic (exact) mass is 439 g/mol. The minimum absolute atomic E-state index is 0.188. The lowest BCUT2D eigenvalue weighted by Crippen LogP contribution is -2.48. The summed E-state index contributed by atoms with van der Waals surface area (Å²) in [5.41, 5.74) is 4.23. The fourth-order valence-electron chi connectivity index (χ4n) is 4.63. The van der Waals surface area contributed by atoms with Crippen molar-refractivity contribution in [2.75, 3.05) is 42.9 Å². The van der Waals surface area contributed by atoms with Crippen LogP contribution in [0.4, 0.5) is 11.4 Å². The first kappa shape index (κ1) is 21.1. The van der Waals surface area contributed by atoms with Crippen molar-refractivity contribution in [2.45, 2.75) is 6.92 Å². The number of amides is 1. The molecule has 0 aromatic heterocycles. The molecule has 0 spiro atoms. The van der Waals surface area contributed by atoms with Crippen molar-refractivity contribution in [3.63, 3.8) is 0 Å². The number of hydrogen-bond donors (Lipinski definition) is 1. The lowest BCUT2D eigenvalue weighted by atomic mass is 9.83. The maximum absolute atomic E-state index is 13.1. The first-order chi connectivity index (χ1) is 16.0. The summed E-state index contributed by atoms with van der Waals surface area (Å²) in [5.74, 6) is -0.613. The molecule has 1 amide bonds. The second kappa shape index (κ2) is 8.64. The zero-order valence-electron chi connectivity index (χ0n) is 18.5. The number of carbonyl (C=O) groups is 3. The van der Waals surface area contributed by atoms with Crippen molar-refractivity contribution >= 4 is 28.8 Å². The van der Waals surface area contributed by atoms with Crippen LogP contribution in [0, 0.1) is 6.92 Å². The lowest BCUT2D eigenvalue weighted by Gasteiger charge is -2.35. The van der Waals surface area contributed by atoms with Gasteiger partial charge in [0.25, 0.3) is 0 Å². The van der Waals surface area contributed by atoms with E-state index >= 15 is 0 Å². The highest BCUT2D eigenvalue weighted by molar-refractivity contribution is 6.30. The van der Waals surface area contributed by atoms with E-state index in [-0.39, 0.29) is 29.6 Å². The van der Waals surface area contributed by atoms with Gasteiger partial charge in [-0.25, -0.2) is 0 Å². The first-order valence-corrected chi connectivity index (χ1v) is 11.2. The van der Waals surface area contributed by atoms with Crippen LogP contribution < -0.4 is 10.2 Å². The highest BCUT2D eigenvalue weighted by Gasteiger charge is 2.31. The summed E-state index contributed by atoms with van der Waals surface area (Å²) < 4.78 is 0. The van der Waals surface area contributed by atoms with E-state index in [1.807, 2.05) is 0 Å². The predicted octanol–water partition coefficient (Wildman–Crippen LogP) is 3.53. The molecule has 0 unspecified atom stereocenters. The average molecular weight is 440 g/mol. The SMILES string of the molecule is Cc1cccc(N2CCN(CC(=O)Nc3cccc4c3C(=O)c3ccccc3C4=O)CC2)c1. The average Bonchev–Trinajstić information content (AvgIpc) is 2.83. The molecular formula is C27H25N3O3.